The molecule has 11 heteroatoms. The van der Waals surface area contributed by atoms with E-state index >= 15 is 0 Å². The number of halogens is 2. The standard InChI is InChI=1S/C22H25Cl2N3O6/c1-6-32-15-9-8-14(23)20(21(15)33-7-2)27-26-19(12(3)28)22(29)25-13-10-16(30-4)18(24)17(11-13)31-5/h8-11,19H,6-7H2,1-5H3,(H,25,29). The largest absolute Gasteiger partial charge is 0.495 e. The van der Waals surface area contributed by atoms with Crippen LogP contribution in [0.2, 0.25) is 10.0 Å². The monoisotopic (exact) mass is 497 g/mol. The van der Waals surface area contributed by atoms with E-state index in [4.69, 9.17) is 42.1 Å². The minimum atomic E-state index is -1.45. The Kier molecular flexibility index (Phi) is 9.74. The van der Waals surface area contributed by atoms with Crippen molar-refractivity contribution in [3.05, 3.63) is 34.3 Å². The molecule has 0 aliphatic carbocycles. The number of nitrogens with one attached hydrogen (secondary N) is 1. The van der Waals surface area contributed by atoms with Gasteiger partial charge in [0.1, 0.15) is 22.2 Å². The predicted octanol–water partition coefficient (Wildman–Crippen LogP) is 5.49. The molecule has 0 aliphatic heterocycles. The number of ether oxygens (including phenoxy) is 4. The van der Waals surface area contributed by atoms with Gasteiger partial charge in [0.25, 0.3) is 5.91 Å². The molecule has 0 bridgehead atoms. The first-order valence-corrected chi connectivity index (χ1v) is 10.7. The van der Waals surface area contributed by atoms with E-state index in [0.29, 0.717) is 24.7 Å². The highest BCUT2D eigenvalue weighted by Gasteiger charge is 2.25. The fraction of sp³-hybridized carbons (Fsp3) is 0.364. The quantitative estimate of drug-likeness (QED) is 0.324. The Hall–Kier alpha value is -3.04. The number of ketones is 1. The lowest BCUT2D eigenvalue weighted by Crippen LogP contribution is -2.31. The molecular formula is C22H25Cl2N3O6. The molecule has 0 fully saturated rings. The topological polar surface area (TPSA) is 108 Å². The van der Waals surface area contributed by atoms with Crippen molar-refractivity contribution < 1.29 is 28.5 Å². The van der Waals surface area contributed by atoms with Crippen molar-refractivity contribution in [3.8, 4) is 23.0 Å². The highest BCUT2D eigenvalue weighted by Crippen LogP contribution is 2.43. The fourth-order valence-electron chi connectivity index (χ4n) is 2.76. The molecule has 178 valence electrons. The molecule has 0 aromatic heterocycles. The summed E-state index contributed by atoms with van der Waals surface area (Å²) in [5.41, 5.74) is 0.448. The van der Waals surface area contributed by atoms with Crippen molar-refractivity contribution in [1.29, 1.82) is 0 Å². The molecule has 9 nitrogen and oxygen atoms in total. The third-order valence-electron chi connectivity index (χ3n) is 4.25. The van der Waals surface area contributed by atoms with Gasteiger partial charge >= 0.3 is 0 Å². The summed E-state index contributed by atoms with van der Waals surface area (Å²) in [6.45, 7) is 5.55. The zero-order valence-electron chi connectivity index (χ0n) is 18.9. The summed E-state index contributed by atoms with van der Waals surface area (Å²) in [6.07, 6.45) is 0. The number of rotatable bonds is 11. The van der Waals surface area contributed by atoms with Crippen LogP contribution in [0.3, 0.4) is 0 Å². The van der Waals surface area contributed by atoms with E-state index in [1.165, 1.54) is 33.3 Å². The molecule has 2 aromatic carbocycles. The van der Waals surface area contributed by atoms with E-state index in [9.17, 15) is 9.59 Å². The Morgan fingerprint density at radius 1 is 1.00 bits per heavy atom. The first-order chi connectivity index (χ1) is 15.8. The van der Waals surface area contributed by atoms with Crippen molar-refractivity contribution in [2.24, 2.45) is 10.2 Å². The van der Waals surface area contributed by atoms with Crippen LogP contribution in [0.4, 0.5) is 11.4 Å². The molecule has 2 aromatic rings. The summed E-state index contributed by atoms with van der Waals surface area (Å²) in [7, 11) is 2.85. The lowest BCUT2D eigenvalue weighted by atomic mass is 10.2. The van der Waals surface area contributed by atoms with Crippen LogP contribution in [-0.4, -0.2) is 45.2 Å². The first kappa shape index (κ1) is 26.2. The summed E-state index contributed by atoms with van der Waals surface area (Å²) < 4.78 is 21.6. The second-order valence-corrected chi connectivity index (χ2v) is 7.29. The lowest BCUT2D eigenvalue weighted by Gasteiger charge is -2.15. The average molecular weight is 498 g/mol. The number of anilines is 1. The Balaban J connectivity index is 2.38. The van der Waals surface area contributed by atoms with E-state index in [1.54, 1.807) is 19.1 Å². The summed E-state index contributed by atoms with van der Waals surface area (Å²) >= 11 is 12.4. The van der Waals surface area contributed by atoms with Crippen LogP contribution in [-0.2, 0) is 9.59 Å². The van der Waals surface area contributed by atoms with Crippen LogP contribution >= 0.6 is 23.2 Å². The van der Waals surface area contributed by atoms with Crippen molar-refractivity contribution in [3.63, 3.8) is 0 Å². The number of amides is 1. The van der Waals surface area contributed by atoms with Crippen LogP contribution in [0.5, 0.6) is 23.0 Å². The van der Waals surface area contributed by atoms with Gasteiger partial charge in [0, 0.05) is 17.8 Å². The Labute approximate surface area is 202 Å². The van der Waals surface area contributed by atoms with Crippen LogP contribution in [0.1, 0.15) is 20.8 Å². The SMILES string of the molecule is CCOc1ccc(Cl)c(N=NC(C(C)=O)C(=O)Nc2cc(OC)c(Cl)c(OC)c2)c1OCC. The summed E-state index contributed by atoms with van der Waals surface area (Å²) in [5.74, 6) is 0.0145. The molecule has 33 heavy (non-hydrogen) atoms. The molecule has 0 spiro atoms. The van der Waals surface area contributed by atoms with E-state index in [1.807, 2.05) is 6.92 Å². The molecule has 0 aliphatic rings. The number of benzene rings is 2. The molecule has 0 radical (unpaired) electrons. The molecule has 0 saturated carbocycles. The first-order valence-electron chi connectivity index (χ1n) is 9.99. The van der Waals surface area contributed by atoms with Gasteiger partial charge in [0.05, 0.1) is 32.5 Å². The number of carbonyl (C=O) groups is 2. The van der Waals surface area contributed by atoms with E-state index in [-0.39, 0.29) is 33.0 Å². The molecule has 0 heterocycles. The van der Waals surface area contributed by atoms with Gasteiger partial charge in [-0.05, 0) is 32.9 Å². The third kappa shape index (κ3) is 6.49. The van der Waals surface area contributed by atoms with Crippen LogP contribution in [0, 0.1) is 0 Å². The smallest absolute Gasteiger partial charge is 0.258 e. The average Bonchev–Trinajstić information content (AvgIpc) is 2.78. The van der Waals surface area contributed by atoms with Crippen molar-refractivity contribution in [2.45, 2.75) is 26.8 Å². The number of azo groups is 1. The van der Waals surface area contributed by atoms with Crippen molar-refractivity contribution >= 4 is 46.3 Å². The second-order valence-electron chi connectivity index (χ2n) is 6.50. The van der Waals surface area contributed by atoms with Crippen LogP contribution < -0.4 is 24.3 Å². The molecule has 2 rings (SSSR count). The van der Waals surface area contributed by atoms with Gasteiger partial charge in [-0.2, -0.15) is 5.11 Å². The molecule has 1 unspecified atom stereocenters. The van der Waals surface area contributed by atoms with Crippen molar-refractivity contribution in [1.82, 2.24) is 0 Å². The van der Waals surface area contributed by atoms with Gasteiger partial charge in [-0.15, -0.1) is 5.11 Å². The van der Waals surface area contributed by atoms with Crippen molar-refractivity contribution in [2.75, 3.05) is 32.8 Å². The number of Topliss-reactive ketones (excluding diaryl/α,β-unsaturated/α-hetero) is 1. The Bertz CT molecular complexity index is 1020. The second kappa shape index (κ2) is 12.3. The summed E-state index contributed by atoms with van der Waals surface area (Å²) in [5, 5.41) is 11.1. The maximum Gasteiger partial charge on any atom is 0.258 e. The zero-order chi connectivity index (χ0) is 24.5. The molecule has 1 atom stereocenters. The fourth-order valence-corrected chi connectivity index (χ4v) is 3.21. The highest BCUT2D eigenvalue weighted by molar-refractivity contribution is 6.34. The maximum atomic E-state index is 12.8. The number of hydrogen-bond acceptors (Lipinski definition) is 8. The molecule has 1 N–H and O–H groups in total. The highest BCUT2D eigenvalue weighted by atomic mass is 35.5. The number of hydrogen-bond donors (Lipinski definition) is 1. The van der Waals surface area contributed by atoms with E-state index < -0.39 is 17.7 Å². The molecular weight excluding hydrogens is 473 g/mol. The van der Waals surface area contributed by atoms with Gasteiger partial charge in [-0.1, -0.05) is 23.2 Å². The number of methoxy groups -OCH3 is 2. The normalized spacial score (nSPS) is 11.7. The molecule has 1 amide bonds. The summed E-state index contributed by atoms with van der Waals surface area (Å²) in [4.78, 5) is 25.0. The maximum absolute atomic E-state index is 12.8. The predicted molar refractivity (Wildman–Crippen MR) is 126 cm³/mol. The van der Waals surface area contributed by atoms with Crippen LogP contribution in [0.25, 0.3) is 0 Å². The lowest BCUT2D eigenvalue weighted by molar-refractivity contribution is -0.126. The Morgan fingerprint density at radius 2 is 1.61 bits per heavy atom. The zero-order valence-corrected chi connectivity index (χ0v) is 20.4. The van der Waals surface area contributed by atoms with Gasteiger partial charge in [-0.25, -0.2) is 0 Å². The van der Waals surface area contributed by atoms with Gasteiger partial charge in [-0.3, -0.25) is 9.59 Å². The Morgan fingerprint density at radius 3 is 2.12 bits per heavy atom. The summed E-state index contributed by atoms with van der Waals surface area (Å²) in [6, 6.07) is 4.75. The third-order valence-corrected chi connectivity index (χ3v) is 4.93. The van der Waals surface area contributed by atoms with Gasteiger partial charge in [0.15, 0.2) is 17.3 Å². The van der Waals surface area contributed by atoms with E-state index in [0.717, 1.165) is 0 Å². The minimum Gasteiger partial charge on any atom is -0.495 e. The van der Waals surface area contributed by atoms with Gasteiger partial charge < -0.3 is 24.3 Å². The molecule has 0 saturated heterocycles. The number of carbonyl (C=O) groups excluding carboxylic acids is 2. The minimum absolute atomic E-state index is 0.151. The number of nitrogens with zero attached hydrogens (tertiary/aromatic N) is 2. The van der Waals surface area contributed by atoms with E-state index in [2.05, 4.69) is 15.5 Å². The van der Waals surface area contributed by atoms with Crippen LogP contribution in [0.15, 0.2) is 34.5 Å². The van der Waals surface area contributed by atoms with Gasteiger partial charge in [0.2, 0.25) is 6.04 Å².